The van der Waals surface area contributed by atoms with Crippen molar-refractivity contribution in [2.75, 3.05) is 76.0 Å². The highest BCUT2D eigenvalue weighted by molar-refractivity contribution is 6.38. The van der Waals surface area contributed by atoms with Crippen LogP contribution in [0.2, 0.25) is 5.02 Å². The number of aromatic nitrogens is 4. The van der Waals surface area contributed by atoms with Crippen LogP contribution in [0.25, 0.3) is 22.2 Å². The minimum Gasteiger partial charge on any atom is -0.497 e. The van der Waals surface area contributed by atoms with E-state index in [0.29, 0.717) is 66.0 Å². The van der Waals surface area contributed by atoms with Gasteiger partial charge in [-0.05, 0) is 116 Å². The second kappa shape index (κ2) is 24.4. The molecule has 0 spiro atoms. The molecule has 21 heteroatoms. The molecular formula is C64H63ClF6N8O6. The lowest BCUT2D eigenvalue weighted by molar-refractivity contribution is -0.137. The summed E-state index contributed by atoms with van der Waals surface area (Å²) < 4.78 is 133. The van der Waals surface area contributed by atoms with E-state index in [1.165, 1.54) is 19.1 Å². The summed E-state index contributed by atoms with van der Waals surface area (Å²) >= 11 is 7.46. The lowest BCUT2D eigenvalue weighted by Gasteiger charge is -2.34. The van der Waals surface area contributed by atoms with E-state index in [1.54, 1.807) is 68.9 Å². The van der Waals surface area contributed by atoms with E-state index >= 15 is 26.3 Å². The first kappa shape index (κ1) is 58.5. The molecule has 8 aromatic rings. The van der Waals surface area contributed by atoms with Crippen LogP contribution >= 0.6 is 11.6 Å². The summed E-state index contributed by atoms with van der Waals surface area (Å²) in [5.41, 5.74) is -2.09. The number of alkyl halides is 4. The van der Waals surface area contributed by atoms with Crippen LogP contribution in [0, 0.1) is 18.6 Å². The summed E-state index contributed by atoms with van der Waals surface area (Å²) in [5, 5.41) is -0.413. The Morgan fingerprint density at radius 3 is 1.80 bits per heavy atom. The maximum Gasteiger partial charge on any atom is 0.417 e. The summed E-state index contributed by atoms with van der Waals surface area (Å²) in [6, 6.07) is 32.0. The Hall–Kier alpha value is -8.23. The van der Waals surface area contributed by atoms with Gasteiger partial charge in [-0.1, -0.05) is 66.2 Å². The fourth-order valence-electron chi connectivity index (χ4n) is 12.1. The molecule has 0 radical (unpaired) electrons. The van der Waals surface area contributed by atoms with E-state index in [1.807, 2.05) is 72.5 Å². The van der Waals surface area contributed by atoms with Gasteiger partial charge in [0.2, 0.25) is 5.88 Å². The van der Waals surface area contributed by atoms with Gasteiger partial charge in [-0.3, -0.25) is 4.90 Å². The van der Waals surface area contributed by atoms with Gasteiger partial charge in [-0.15, -0.1) is 0 Å². The van der Waals surface area contributed by atoms with Crippen LogP contribution in [0.3, 0.4) is 0 Å². The van der Waals surface area contributed by atoms with Gasteiger partial charge in [0.1, 0.15) is 70.6 Å². The van der Waals surface area contributed by atoms with Crippen molar-refractivity contribution in [1.29, 1.82) is 0 Å². The predicted molar refractivity (Wildman–Crippen MR) is 313 cm³/mol. The molecule has 14 nitrogen and oxygen atoms in total. The number of halogens is 7. The van der Waals surface area contributed by atoms with Crippen molar-refractivity contribution in [3.63, 3.8) is 0 Å². The summed E-state index contributed by atoms with van der Waals surface area (Å²) in [6.07, 6.45) is -3.03. The van der Waals surface area contributed by atoms with Crippen LogP contribution in [0.1, 0.15) is 71.2 Å². The molecule has 0 saturated carbocycles. The zero-order valence-electron chi connectivity index (χ0n) is 47.8. The summed E-state index contributed by atoms with van der Waals surface area (Å²) in [7, 11) is 6.21. The largest absolute Gasteiger partial charge is 0.497 e. The van der Waals surface area contributed by atoms with E-state index in [-0.39, 0.29) is 74.4 Å². The van der Waals surface area contributed by atoms with Crippen molar-refractivity contribution in [1.82, 2.24) is 24.8 Å². The van der Waals surface area contributed by atoms with Crippen LogP contribution in [-0.2, 0) is 32.4 Å². The second-order valence-electron chi connectivity index (χ2n) is 21.6. The monoisotopic (exact) mass is 1190 g/mol. The number of nitrogens with zero attached hydrogens (tertiary/aromatic N) is 8. The van der Waals surface area contributed by atoms with Crippen molar-refractivity contribution in [3.8, 4) is 46.1 Å². The molecule has 85 heavy (non-hydrogen) atoms. The second-order valence-corrected chi connectivity index (χ2v) is 22.0. The molecule has 2 saturated heterocycles. The molecule has 3 aliphatic rings. The third-order valence-corrected chi connectivity index (χ3v) is 16.7. The standard InChI is InChI=1S/C64H63ClF6N8O6/c1-38-52(64(69,70)71)50(55(68)58(54(38)67)76(32-40-10-18-45(80-3)19-11-40)33-41-12-20-46(81-4)21-13-41)56-53(65)57-51-60(75-62(74-57)85-37-63-26-8-28-78(63)36-44(66)31-63)79(29-30-84-61(51)73-56)39(2)49-9-7-27-72-59(49)77(34-42-14-22-47(82-5)23-15-42)35-43-16-24-48(83-6)25-17-43/h7,9-25,27,39,44H,8,26,28-37H2,1-6H3/t39-,44-,63+/m1/s1. The first-order valence-corrected chi connectivity index (χ1v) is 28.3. The van der Waals surface area contributed by atoms with Gasteiger partial charge in [0.15, 0.2) is 11.6 Å². The van der Waals surface area contributed by atoms with E-state index < -0.39 is 68.7 Å². The number of hydrogen-bond donors (Lipinski definition) is 0. The lowest BCUT2D eigenvalue weighted by atomic mass is 9.94. The third-order valence-electron chi connectivity index (χ3n) is 16.4. The number of hydrogen-bond acceptors (Lipinski definition) is 14. The smallest absolute Gasteiger partial charge is 0.417 e. The van der Waals surface area contributed by atoms with Crippen molar-refractivity contribution in [2.45, 2.75) is 83.2 Å². The number of anilines is 3. The highest BCUT2D eigenvalue weighted by atomic mass is 35.5. The van der Waals surface area contributed by atoms with Gasteiger partial charge in [0.05, 0.1) is 68.4 Å². The van der Waals surface area contributed by atoms with Crippen LogP contribution < -0.4 is 43.1 Å². The number of fused-ring (bicyclic) bond motifs is 1. The Kier molecular flexibility index (Phi) is 16.8. The highest BCUT2D eigenvalue weighted by Crippen LogP contribution is 2.51. The van der Waals surface area contributed by atoms with Gasteiger partial charge >= 0.3 is 12.2 Å². The van der Waals surface area contributed by atoms with Gasteiger partial charge < -0.3 is 43.1 Å². The van der Waals surface area contributed by atoms with Crippen molar-refractivity contribution < 1.29 is 54.8 Å². The molecule has 2 fully saturated rings. The zero-order valence-corrected chi connectivity index (χ0v) is 48.5. The Bertz CT molecular complexity index is 3600. The van der Waals surface area contributed by atoms with E-state index in [0.717, 1.165) is 30.0 Å². The topological polar surface area (TPSA) is 120 Å². The SMILES string of the molecule is COc1ccc(CN(Cc2ccc(OC)cc2)c2ncccc2[C@@H](C)N2CCOc3nc(-c4c(F)c(N(Cc5ccc(OC)cc5)Cc5ccc(OC)cc5)c(F)c(C)c4C(F)(F)F)c(Cl)c4nc(OC[C@@]56CCCN5C[C@H](F)C6)nc2c34)cc1. The Morgan fingerprint density at radius 2 is 1.27 bits per heavy atom. The molecule has 3 aromatic heterocycles. The van der Waals surface area contributed by atoms with Gasteiger partial charge in [0.25, 0.3) is 0 Å². The molecule has 11 rings (SSSR count). The molecule has 0 unspecified atom stereocenters. The lowest BCUT2D eigenvalue weighted by Crippen LogP contribution is -2.43. The average Bonchev–Trinajstić information content (AvgIpc) is 3.37. The quantitative estimate of drug-likeness (QED) is 0.0673. The number of ether oxygens (including phenoxy) is 6. The molecule has 5 aromatic carbocycles. The van der Waals surface area contributed by atoms with Crippen LogP contribution in [-0.4, -0.2) is 97.8 Å². The van der Waals surface area contributed by atoms with Crippen LogP contribution in [0.4, 0.5) is 43.7 Å². The molecule has 0 aliphatic carbocycles. The number of methoxy groups -OCH3 is 4. The van der Waals surface area contributed by atoms with Crippen molar-refractivity contribution >= 4 is 39.8 Å². The van der Waals surface area contributed by atoms with Crippen molar-refractivity contribution in [3.05, 3.63) is 171 Å². The van der Waals surface area contributed by atoms with Gasteiger partial charge in [0, 0.05) is 50.9 Å². The molecule has 0 N–H and O–H groups in total. The van der Waals surface area contributed by atoms with Gasteiger partial charge in [-0.2, -0.15) is 23.1 Å². The predicted octanol–water partition coefficient (Wildman–Crippen LogP) is 13.7. The fraction of sp³-hybridized carbons (Fsp3) is 0.344. The number of benzene rings is 5. The zero-order chi connectivity index (χ0) is 59.7. The molecule has 0 bridgehead atoms. The number of rotatable bonds is 20. The first-order valence-electron chi connectivity index (χ1n) is 27.9. The Labute approximate surface area is 493 Å². The highest BCUT2D eigenvalue weighted by Gasteiger charge is 2.50. The molecule has 3 aliphatic heterocycles. The average molecular weight is 1190 g/mol. The van der Waals surface area contributed by atoms with E-state index in [2.05, 4.69) is 9.80 Å². The molecular weight excluding hydrogens is 1130 g/mol. The van der Waals surface area contributed by atoms with Gasteiger partial charge in [-0.25, -0.2) is 23.1 Å². The van der Waals surface area contributed by atoms with Crippen LogP contribution in [0.5, 0.6) is 34.9 Å². The fourth-order valence-corrected chi connectivity index (χ4v) is 12.3. The third kappa shape index (κ3) is 11.8. The molecule has 0 amide bonds. The summed E-state index contributed by atoms with van der Waals surface area (Å²) in [4.78, 5) is 27.1. The molecule has 3 atom stereocenters. The van der Waals surface area contributed by atoms with Crippen molar-refractivity contribution in [2.24, 2.45) is 0 Å². The maximum atomic E-state index is 18.3. The molecule has 444 valence electrons. The Balaban J connectivity index is 1.08. The van der Waals surface area contributed by atoms with E-state index in [4.69, 9.17) is 60.0 Å². The minimum atomic E-state index is -5.35. The van der Waals surface area contributed by atoms with Crippen LogP contribution in [0.15, 0.2) is 115 Å². The van der Waals surface area contributed by atoms with E-state index in [9.17, 15) is 0 Å². The number of pyridine rings is 2. The maximum absolute atomic E-state index is 18.3. The normalized spacial score (nSPS) is 17.0. The first-order chi connectivity index (χ1) is 41.0. The summed E-state index contributed by atoms with van der Waals surface area (Å²) in [5.74, 6) is 0.0185. The summed E-state index contributed by atoms with van der Waals surface area (Å²) in [6.45, 7) is 4.37. The Morgan fingerprint density at radius 1 is 0.729 bits per heavy atom. The minimum absolute atomic E-state index is 0.0170. The molecule has 6 heterocycles.